The van der Waals surface area contributed by atoms with Crippen molar-refractivity contribution in [3.05, 3.63) is 36.2 Å². The molecule has 1 heterocycles. The molecule has 2 unspecified atom stereocenters. The van der Waals surface area contributed by atoms with Gasteiger partial charge in [0.2, 0.25) is 0 Å². The Bertz CT molecular complexity index is 504. The number of aryl methyl sites for hydroxylation is 1. The lowest BCUT2D eigenvalue weighted by atomic mass is 9.99. The summed E-state index contributed by atoms with van der Waals surface area (Å²) in [5.41, 5.74) is 7.24. The maximum atomic E-state index is 6.22. The number of nitrogens with zero attached hydrogens (tertiary/aromatic N) is 3. The molecule has 0 fully saturated rings. The van der Waals surface area contributed by atoms with Crippen LogP contribution in [0, 0.1) is 5.92 Å². The summed E-state index contributed by atoms with van der Waals surface area (Å²) < 4.78 is 1.79. The molecular weight excluding hydrogens is 224 g/mol. The van der Waals surface area contributed by atoms with Gasteiger partial charge in [0.05, 0.1) is 6.04 Å². The third kappa shape index (κ3) is 2.43. The van der Waals surface area contributed by atoms with Gasteiger partial charge in [-0.15, -0.1) is 0 Å². The molecular formula is C14H20N4. The van der Waals surface area contributed by atoms with Crippen LogP contribution in [0.25, 0.3) is 11.4 Å². The first-order valence-corrected chi connectivity index (χ1v) is 6.35. The SMILES string of the molecule is CCC(C)C(N)c1nc(-c2ccccc2)nn1C. The minimum Gasteiger partial charge on any atom is -0.321 e. The molecule has 0 amide bonds. The largest absolute Gasteiger partial charge is 0.321 e. The Morgan fingerprint density at radius 3 is 2.56 bits per heavy atom. The molecule has 0 radical (unpaired) electrons. The van der Waals surface area contributed by atoms with Crippen LogP contribution in [-0.2, 0) is 7.05 Å². The van der Waals surface area contributed by atoms with Gasteiger partial charge in [-0.25, -0.2) is 4.98 Å². The Morgan fingerprint density at radius 2 is 1.94 bits per heavy atom. The molecule has 0 spiro atoms. The van der Waals surface area contributed by atoms with E-state index in [-0.39, 0.29) is 6.04 Å². The maximum Gasteiger partial charge on any atom is 0.181 e. The Balaban J connectivity index is 2.33. The molecule has 0 aliphatic rings. The lowest BCUT2D eigenvalue weighted by Gasteiger charge is -2.16. The maximum absolute atomic E-state index is 6.22. The molecule has 0 aliphatic carbocycles. The fraction of sp³-hybridized carbons (Fsp3) is 0.429. The average molecular weight is 244 g/mol. The van der Waals surface area contributed by atoms with Crippen molar-refractivity contribution < 1.29 is 0 Å². The van der Waals surface area contributed by atoms with Crippen LogP contribution in [0.15, 0.2) is 30.3 Å². The summed E-state index contributed by atoms with van der Waals surface area (Å²) >= 11 is 0. The van der Waals surface area contributed by atoms with Crippen LogP contribution in [-0.4, -0.2) is 14.8 Å². The van der Waals surface area contributed by atoms with Crippen molar-refractivity contribution in [2.75, 3.05) is 0 Å². The van der Waals surface area contributed by atoms with Gasteiger partial charge in [-0.1, -0.05) is 50.6 Å². The molecule has 4 nitrogen and oxygen atoms in total. The summed E-state index contributed by atoms with van der Waals surface area (Å²) in [6.45, 7) is 4.28. The highest BCUT2D eigenvalue weighted by atomic mass is 15.3. The van der Waals surface area contributed by atoms with Gasteiger partial charge in [-0.2, -0.15) is 5.10 Å². The molecule has 1 aromatic heterocycles. The molecule has 4 heteroatoms. The average Bonchev–Trinajstić information content (AvgIpc) is 2.80. The molecule has 2 N–H and O–H groups in total. The zero-order chi connectivity index (χ0) is 13.1. The number of hydrogen-bond acceptors (Lipinski definition) is 3. The fourth-order valence-corrected chi connectivity index (χ4v) is 1.90. The highest BCUT2D eigenvalue weighted by Gasteiger charge is 2.20. The molecule has 0 saturated heterocycles. The van der Waals surface area contributed by atoms with E-state index in [9.17, 15) is 0 Å². The Labute approximate surface area is 108 Å². The van der Waals surface area contributed by atoms with E-state index < -0.39 is 0 Å². The van der Waals surface area contributed by atoms with Gasteiger partial charge in [0, 0.05) is 12.6 Å². The number of rotatable bonds is 4. The summed E-state index contributed by atoms with van der Waals surface area (Å²) in [5, 5.41) is 4.44. The smallest absolute Gasteiger partial charge is 0.181 e. The van der Waals surface area contributed by atoms with Crippen LogP contribution in [0.5, 0.6) is 0 Å². The molecule has 0 saturated carbocycles. The number of benzene rings is 1. The Hall–Kier alpha value is -1.68. The van der Waals surface area contributed by atoms with Crippen molar-refractivity contribution in [2.45, 2.75) is 26.3 Å². The predicted molar refractivity (Wildman–Crippen MR) is 72.8 cm³/mol. The van der Waals surface area contributed by atoms with E-state index in [1.165, 1.54) is 0 Å². The first-order chi connectivity index (χ1) is 8.63. The standard InChI is InChI=1S/C14H20N4/c1-4-10(2)12(15)14-16-13(17-18(14)3)11-8-6-5-7-9-11/h5-10,12H,4,15H2,1-3H3. The van der Waals surface area contributed by atoms with Crippen LogP contribution in [0.4, 0.5) is 0 Å². The second-order valence-corrected chi connectivity index (χ2v) is 4.69. The normalized spacial score (nSPS) is 14.4. The van der Waals surface area contributed by atoms with Crippen LogP contribution in [0.2, 0.25) is 0 Å². The quantitative estimate of drug-likeness (QED) is 0.899. The minimum absolute atomic E-state index is 0.0648. The van der Waals surface area contributed by atoms with E-state index in [1.54, 1.807) is 4.68 Å². The van der Waals surface area contributed by atoms with E-state index in [1.807, 2.05) is 37.4 Å². The van der Waals surface area contributed by atoms with Crippen molar-refractivity contribution >= 4 is 0 Å². The zero-order valence-electron chi connectivity index (χ0n) is 11.2. The third-order valence-corrected chi connectivity index (χ3v) is 3.38. The Kier molecular flexibility index (Phi) is 3.77. The van der Waals surface area contributed by atoms with Gasteiger partial charge >= 0.3 is 0 Å². The first-order valence-electron chi connectivity index (χ1n) is 6.35. The van der Waals surface area contributed by atoms with Crippen LogP contribution in [0.3, 0.4) is 0 Å². The number of aromatic nitrogens is 3. The van der Waals surface area contributed by atoms with Crippen molar-refractivity contribution in [3.63, 3.8) is 0 Å². The molecule has 1 aromatic carbocycles. The van der Waals surface area contributed by atoms with Gasteiger partial charge in [0.1, 0.15) is 5.82 Å². The lowest BCUT2D eigenvalue weighted by molar-refractivity contribution is 0.425. The molecule has 2 aromatic rings. The van der Waals surface area contributed by atoms with Crippen molar-refractivity contribution in [2.24, 2.45) is 18.7 Å². The zero-order valence-corrected chi connectivity index (χ0v) is 11.2. The first kappa shape index (κ1) is 12.8. The third-order valence-electron chi connectivity index (χ3n) is 3.38. The van der Waals surface area contributed by atoms with E-state index in [0.29, 0.717) is 5.92 Å². The topological polar surface area (TPSA) is 56.7 Å². The van der Waals surface area contributed by atoms with Gasteiger partial charge in [0.25, 0.3) is 0 Å². The van der Waals surface area contributed by atoms with Gasteiger partial charge in [0.15, 0.2) is 5.82 Å². The predicted octanol–water partition coefficient (Wildman–Crippen LogP) is 2.53. The molecule has 0 bridgehead atoms. The van der Waals surface area contributed by atoms with Gasteiger partial charge < -0.3 is 5.73 Å². The molecule has 96 valence electrons. The summed E-state index contributed by atoms with van der Waals surface area (Å²) in [4.78, 5) is 4.58. The van der Waals surface area contributed by atoms with Crippen LogP contribution in [0.1, 0.15) is 32.1 Å². The second-order valence-electron chi connectivity index (χ2n) is 4.69. The highest BCUT2D eigenvalue weighted by molar-refractivity contribution is 5.54. The van der Waals surface area contributed by atoms with Crippen molar-refractivity contribution in [1.29, 1.82) is 0 Å². The molecule has 0 aliphatic heterocycles. The fourth-order valence-electron chi connectivity index (χ4n) is 1.90. The van der Waals surface area contributed by atoms with E-state index in [0.717, 1.165) is 23.6 Å². The summed E-state index contributed by atoms with van der Waals surface area (Å²) in [6.07, 6.45) is 1.04. The highest BCUT2D eigenvalue weighted by Crippen LogP contribution is 2.22. The van der Waals surface area contributed by atoms with Crippen molar-refractivity contribution in [1.82, 2.24) is 14.8 Å². The molecule has 2 rings (SSSR count). The van der Waals surface area contributed by atoms with E-state index >= 15 is 0 Å². The van der Waals surface area contributed by atoms with Crippen LogP contribution >= 0.6 is 0 Å². The monoisotopic (exact) mass is 244 g/mol. The van der Waals surface area contributed by atoms with Crippen LogP contribution < -0.4 is 5.73 Å². The minimum atomic E-state index is -0.0648. The number of hydrogen-bond donors (Lipinski definition) is 1. The molecule has 2 atom stereocenters. The summed E-state index contributed by atoms with van der Waals surface area (Å²) in [6, 6.07) is 9.91. The molecule has 18 heavy (non-hydrogen) atoms. The summed E-state index contributed by atoms with van der Waals surface area (Å²) in [7, 11) is 1.90. The van der Waals surface area contributed by atoms with E-state index in [4.69, 9.17) is 5.73 Å². The number of nitrogens with two attached hydrogens (primary N) is 1. The van der Waals surface area contributed by atoms with Gasteiger partial charge in [-0.05, 0) is 5.92 Å². The van der Waals surface area contributed by atoms with Gasteiger partial charge in [-0.3, -0.25) is 4.68 Å². The Morgan fingerprint density at radius 1 is 1.28 bits per heavy atom. The summed E-state index contributed by atoms with van der Waals surface area (Å²) in [5.74, 6) is 1.99. The van der Waals surface area contributed by atoms with E-state index in [2.05, 4.69) is 23.9 Å². The second kappa shape index (κ2) is 5.31. The van der Waals surface area contributed by atoms with Crippen molar-refractivity contribution in [3.8, 4) is 11.4 Å². The lowest BCUT2D eigenvalue weighted by Crippen LogP contribution is -2.22.